The van der Waals surface area contributed by atoms with Crippen molar-refractivity contribution in [2.24, 2.45) is 16.6 Å². The molecule has 0 bridgehead atoms. The Bertz CT molecular complexity index is 293. The lowest BCUT2D eigenvalue weighted by Gasteiger charge is -2.17. The van der Waals surface area contributed by atoms with Crippen LogP contribution in [-0.2, 0) is 4.52 Å². The first-order valence-electron chi connectivity index (χ1n) is 5.46. The highest BCUT2D eigenvalue weighted by Crippen LogP contribution is 2.36. The molecule has 16 heavy (non-hydrogen) atoms. The Morgan fingerprint density at radius 2 is 2.19 bits per heavy atom. The topological polar surface area (TPSA) is 47.6 Å². The van der Waals surface area contributed by atoms with Crippen LogP contribution in [0.4, 0.5) is 0 Å². The van der Waals surface area contributed by atoms with Crippen molar-refractivity contribution < 1.29 is 4.52 Å². The molecule has 0 aliphatic heterocycles. The van der Waals surface area contributed by atoms with Gasteiger partial charge >= 0.3 is 0 Å². The molecular formula is C11H20BrN2OP. The zero-order valence-corrected chi connectivity index (χ0v) is 12.7. The second-order valence-corrected chi connectivity index (χ2v) is 6.57. The normalized spacial score (nSPS) is 19.8. The first kappa shape index (κ1) is 14.1. The molecule has 0 aromatic rings. The van der Waals surface area contributed by atoms with Gasteiger partial charge in [0.2, 0.25) is 0 Å². The Labute approximate surface area is 108 Å². The van der Waals surface area contributed by atoms with Crippen molar-refractivity contribution in [2.45, 2.75) is 39.2 Å². The summed E-state index contributed by atoms with van der Waals surface area (Å²) in [6.45, 7) is 6.14. The predicted octanol–water partition coefficient (Wildman–Crippen LogP) is 3.40. The third-order valence-corrected chi connectivity index (χ3v) is 3.76. The lowest BCUT2D eigenvalue weighted by atomic mass is 10.2. The summed E-state index contributed by atoms with van der Waals surface area (Å²) in [6.07, 6.45) is 4.92. The van der Waals surface area contributed by atoms with E-state index in [1.54, 1.807) is 6.21 Å². The minimum Gasteiger partial charge on any atom is -0.401 e. The molecule has 92 valence electrons. The third-order valence-electron chi connectivity index (χ3n) is 2.03. The van der Waals surface area contributed by atoms with Crippen molar-refractivity contribution in [3.8, 4) is 0 Å². The van der Waals surface area contributed by atoms with E-state index < -0.39 is 0 Å². The van der Waals surface area contributed by atoms with Crippen molar-refractivity contribution in [1.82, 2.24) is 0 Å². The van der Waals surface area contributed by atoms with Crippen molar-refractivity contribution in [2.75, 3.05) is 6.29 Å². The van der Waals surface area contributed by atoms with Crippen LogP contribution in [0.1, 0.15) is 33.6 Å². The molecule has 1 unspecified atom stereocenters. The van der Waals surface area contributed by atoms with Gasteiger partial charge in [0.15, 0.2) is 0 Å². The van der Waals surface area contributed by atoms with Gasteiger partial charge in [-0.15, -0.1) is 0 Å². The van der Waals surface area contributed by atoms with E-state index in [2.05, 4.69) is 20.9 Å². The maximum atomic E-state index is 5.92. The Kier molecular flexibility index (Phi) is 5.42. The largest absolute Gasteiger partial charge is 0.401 e. The van der Waals surface area contributed by atoms with Crippen LogP contribution in [0.3, 0.4) is 0 Å². The average molecular weight is 307 g/mol. The SMILES string of the molecule is CC(C)(C)OPCN=CC(Br)=C(N)C1CC1. The van der Waals surface area contributed by atoms with E-state index in [-0.39, 0.29) is 5.60 Å². The van der Waals surface area contributed by atoms with Crippen molar-refractivity contribution in [3.05, 3.63) is 10.2 Å². The van der Waals surface area contributed by atoms with Crippen LogP contribution < -0.4 is 5.73 Å². The fourth-order valence-electron chi connectivity index (χ4n) is 1.08. The molecule has 1 fully saturated rings. The van der Waals surface area contributed by atoms with Crippen molar-refractivity contribution in [3.63, 3.8) is 0 Å². The molecule has 1 rings (SSSR count). The highest BCUT2D eigenvalue weighted by Gasteiger charge is 2.25. The van der Waals surface area contributed by atoms with Gasteiger partial charge in [0.1, 0.15) is 0 Å². The van der Waals surface area contributed by atoms with E-state index in [4.69, 9.17) is 10.3 Å². The smallest absolute Gasteiger partial charge is 0.0805 e. The molecule has 0 aromatic heterocycles. The molecule has 3 nitrogen and oxygen atoms in total. The fourth-order valence-corrected chi connectivity index (χ4v) is 2.21. The van der Waals surface area contributed by atoms with Gasteiger partial charge in [-0.1, -0.05) is 0 Å². The molecule has 0 heterocycles. The van der Waals surface area contributed by atoms with Gasteiger partial charge in [-0.25, -0.2) is 0 Å². The second kappa shape index (κ2) is 6.13. The van der Waals surface area contributed by atoms with Crippen molar-refractivity contribution in [1.29, 1.82) is 0 Å². The maximum Gasteiger partial charge on any atom is 0.0805 e. The molecule has 0 spiro atoms. The molecule has 1 atom stereocenters. The number of halogens is 1. The average Bonchev–Trinajstić information content (AvgIpc) is 2.97. The van der Waals surface area contributed by atoms with Gasteiger partial charge in [0.25, 0.3) is 0 Å². The van der Waals surface area contributed by atoms with E-state index in [1.165, 1.54) is 12.8 Å². The molecule has 5 heteroatoms. The van der Waals surface area contributed by atoms with Gasteiger partial charge in [-0.2, -0.15) is 0 Å². The Balaban J connectivity index is 2.24. The minimum atomic E-state index is -0.0753. The van der Waals surface area contributed by atoms with Crippen LogP contribution in [0.5, 0.6) is 0 Å². The van der Waals surface area contributed by atoms with E-state index in [9.17, 15) is 0 Å². The quantitative estimate of drug-likeness (QED) is 0.481. The summed E-state index contributed by atoms with van der Waals surface area (Å²) < 4.78 is 6.51. The predicted molar refractivity (Wildman–Crippen MR) is 75.4 cm³/mol. The number of hydrogen-bond acceptors (Lipinski definition) is 3. The molecular weight excluding hydrogens is 287 g/mol. The Morgan fingerprint density at radius 1 is 1.56 bits per heavy atom. The number of nitrogens with two attached hydrogens (primary N) is 1. The zero-order chi connectivity index (χ0) is 12.2. The van der Waals surface area contributed by atoms with E-state index in [1.807, 2.05) is 20.8 Å². The first-order chi connectivity index (χ1) is 7.40. The zero-order valence-electron chi connectivity index (χ0n) is 10.1. The van der Waals surface area contributed by atoms with Crippen LogP contribution in [0.25, 0.3) is 0 Å². The van der Waals surface area contributed by atoms with Crippen molar-refractivity contribution >= 4 is 31.0 Å². The number of rotatable bonds is 5. The summed E-state index contributed by atoms with van der Waals surface area (Å²) >= 11 is 3.44. The first-order valence-corrected chi connectivity index (χ1v) is 7.37. The van der Waals surface area contributed by atoms with E-state index in [0.717, 1.165) is 10.2 Å². The summed E-state index contributed by atoms with van der Waals surface area (Å²) in [5.74, 6) is 0.578. The number of allylic oxidation sites excluding steroid dienone is 2. The molecule has 0 radical (unpaired) electrons. The van der Waals surface area contributed by atoms with Crippen LogP contribution in [0, 0.1) is 5.92 Å². The molecule has 2 N–H and O–H groups in total. The summed E-state index contributed by atoms with van der Waals surface area (Å²) in [5, 5.41) is 0. The second-order valence-electron chi connectivity index (χ2n) is 4.91. The van der Waals surface area contributed by atoms with Crippen LogP contribution in [-0.4, -0.2) is 18.1 Å². The van der Waals surface area contributed by atoms with Gasteiger partial charge in [0, 0.05) is 20.7 Å². The Hall–Kier alpha value is 0.0800. The highest BCUT2D eigenvalue weighted by molar-refractivity contribution is 9.12. The molecule has 1 saturated carbocycles. The standard InChI is InChI=1S/C11H20BrN2OP/c1-11(2,3)15-16-7-14-6-9(12)10(13)8-4-5-8/h6,8,16H,4-5,7,13H2,1-3H3. The van der Waals surface area contributed by atoms with Gasteiger partial charge < -0.3 is 10.3 Å². The van der Waals surface area contributed by atoms with Gasteiger partial charge in [0.05, 0.1) is 16.4 Å². The van der Waals surface area contributed by atoms with Gasteiger partial charge in [-0.3, -0.25) is 4.99 Å². The summed E-state index contributed by atoms with van der Waals surface area (Å²) in [5.41, 5.74) is 6.78. The Morgan fingerprint density at radius 3 is 2.69 bits per heavy atom. The lowest BCUT2D eigenvalue weighted by molar-refractivity contribution is 0.157. The third kappa shape index (κ3) is 5.97. The fraction of sp³-hybridized carbons (Fsp3) is 0.727. The molecule has 1 aliphatic carbocycles. The summed E-state index contributed by atoms with van der Waals surface area (Å²) in [6, 6.07) is 0. The number of nitrogens with zero attached hydrogens (tertiary/aromatic N) is 1. The number of aliphatic imine (C=N–C) groups is 1. The maximum absolute atomic E-state index is 5.92. The molecule has 0 aromatic carbocycles. The monoisotopic (exact) mass is 306 g/mol. The molecule has 0 amide bonds. The summed E-state index contributed by atoms with van der Waals surface area (Å²) in [4.78, 5) is 4.28. The van der Waals surface area contributed by atoms with Crippen LogP contribution >= 0.6 is 24.7 Å². The molecule has 1 aliphatic rings. The minimum absolute atomic E-state index is 0.0753. The number of hydrogen-bond donors (Lipinski definition) is 1. The summed E-state index contributed by atoms with van der Waals surface area (Å²) in [7, 11) is 0.405. The lowest BCUT2D eigenvalue weighted by Crippen LogP contribution is -2.13. The van der Waals surface area contributed by atoms with Gasteiger partial charge in [-0.05, 0) is 55.5 Å². The molecule has 0 saturated heterocycles. The van der Waals surface area contributed by atoms with E-state index >= 15 is 0 Å². The highest BCUT2D eigenvalue weighted by atomic mass is 79.9. The van der Waals surface area contributed by atoms with E-state index in [0.29, 0.717) is 21.0 Å². The van der Waals surface area contributed by atoms with Crippen LogP contribution in [0.15, 0.2) is 15.2 Å². The van der Waals surface area contributed by atoms with Crippen LogP contribution in [0.2, 0.25) is 0 Å².